The predicted octanol–water partition coefficient (Wildman–Crippen LogP) is 3.50. The Bertz CT molecular complexity index is 818. The van der Waals surface area contributed by atoms with Crippen molar-refractivity contribution in [3.05, 3.63) is 52.6 Å². The van der Waals surface area contributed by atoms with Crippen LogP contribution in [0.3, 0.4) is 0 Å². The Kier molecular flexibility index (Phi) is 4.52. The minimum atomic E-state index is -0.356. The van der Waals surface area contributed by atoms with Gasteiger partial charge in [-0.2, -0.15) is 0 Å². The highest BCUT2D eigenvalue weighted by molar-refractivity contribution is 7.07. The maximum Gasteiger partial charge on any atom is 0.341 e. The molecule has 3 aromatic rings. The number of hydrogen-bond donors (Lipinski definition) is 0. The molecule has 2 aromatic heterocycles. The van der Waals surface area contributed by atoms with E-state index in [2.05, 4.69) is 9.97 Å². The topological polar surface area (TPSA) is 55.3 Å². The smallest absolute Gasteiger partial charge is 0.341 e. The van der Waals surface area contributed by atoms with Crippen molar-refractivity contribution in [3.8, 4) is 0 Å². The van der Waals surface area contributed by atoms with Gasteiger partial charge in [0.1, 0.15) is 5.56 Å². The molecule has 0 atom stereocenters. The Balaban J connectivity index is 2.10. The van der Waals surface area contributed by atoms with Crippen LogP contribution in [0.25, 0.3) is 10.9 Å². The molecule has 118 valence electrons. The fourth-order valence-electron chi connectivity index (χ4n) is 2.53. The zero-order valence-corrected chi connectivity index (χ0v) is 13.8. The highest BCUT2D eigenvalue weighted by Crippen LogP contribution is 2.30. The molecule has 0 aliphatic heterocycles. The zero-order chi connectivity index (χ0) is 16.2. The summed E-state index contributed by atoms with van der Waals surface area (Å²) in [7, 11) is 1.95. The van der Waals surface area contributed by atoms with Crippen LogP contribution in [0.1, 0.15) is 23.0 Å². The Labute approximate surface area is 138 Å². The van der Waals surface area contributed by atoms with E-state index in [0.717, 1.165) is 22.3 Å². The van der Waals surface area contributed by atoms with Crippen molar-refractivity contribution in [1.29, 1.82) is 0 Å². The molecule has 0 radical (unpaired) electrons. The molecule has 2 heterocycles. The molecule has 0 unspecified atom stereocenters. The van der Waals surface area contributed by atoms with Crippen LogP contribution in [0.2, 0.25) is 0 Å². The Morgan fingerprint density at radius 1 is 1.30 bits per heavy atom. The lowest BCUT2D eigenvalue weighted by Gasteiger charge is -2.22. The van der Waals surface area contributed by atoms with Crippen LogP contribution < -0.4 is 4.90 Å². The lowest BCUT2D eigenvalue weighted by Crippen LogP contribution is -2.21. The fraction of sp³-hybridized carbons (Fsp3) is 0.235. The number of anilines is 1. The number of carbonyl (C=O) groups excluding carboxylic acids is 1. The number of thiazole rings is 1. The summed E-state index contributed by atoms with van der Waals surface area (Å²) < 4.78 is 5.18. The minimum Gasteiger partial charge on any atom is -0.462 e. The van der Waals surface area contributed by atoms with Gasteiger partial charge in [-0.25, -0.2) is 9.78 Å². The molecule has 0 amide bonds. The third kappa shape index (κ3) is 3.17. The molecular weight excluding hydrogens is 310 g/mol. The number of aromatic nitrogens is 2. The van der Waals surface area contributed by atoms with Gasteiger partial charge in [-0.05, 0) is 13.0 Å². The molecule has 0 spiro atoms. The quantitative estimate of drug-likeness (QED) is 0.671. The molecule has 23 heavy (non-hydrogen) atoms. The fourth-order valence-corrected chi connectivity index (χ4v) is 3.08. The number of pyridine rings is 1. The third-order valence-electron chi connectivity index (χ3n) is 3.51. The van der Waals surface area contributed by atoms with Gasteiger partial charge in [0.2, 0.25) is 0 Å². The maximum absolute atomic E-state index is 12.3. The average molecular weight is 327 g/mol. The molecule has 0 bridgehead atoms. The number of fused-ring (bicyclic) bond motifs is 1. The van der Waals surface area contributed by atoms with E-state index in [4.69, 9.17) is 4.74 Å². The van der Waals surface area contributed by atoms with E-state index in [1.165, 1.54) is 0 Å². The van der Waals surface area contributed by atoms with E-state index in [0.29, 0.717) is 18.7 Å². The van der Waals surface area contributed by atoms with E-state index in [1.807, 2.05) is 41.6 Å². The number of ether oxygens (including phenoxy) is 1. The van der Waals surface area contributed by atoms with Crippen LogP contribution >= 0.6 is 11.3 Å². The summed E-state index contributed by atoms with van der Waals surface area (Å²) in [4.78, 5) is 23.0. The van der Waals surface area contributed by atoms with Crippen molar-refractivity contribution in [2.24, 2.45) is 0 Å². The molecule has 1 aromatic carbocycles. The van der Waals surface area contributed by atoms with Gasteiger partial charge in [0, 0.05) is 24.0 Å². The second kappa shape index (κ2) is 6.75. The highest BCUT2D eigenvalue weighted by Gasteiger charge is 2.20. The van der Waals surface area contributed by atoms with E-state index < -0.39 is 0 Å². The first-order valence-electron chi connectivity index (χ1n) is 7.33. The molecule has 0 saturated carbocycles. The van der Waals surface area contributed by atoms with Gasteiger partial charge in [0.05, 0.1) is 35.6 Å². The van der Waals surface area contributed by atoms with Gasteiger partial charge in [0.25, 0.3) is 0 Å². The van der Waals surface area contributed by atoms with Crippen LogP contribution in [0.4, 0.5) is 5.69 Å². The number of rotatable bonds is 5. The Morgan fingerprint density at radius 2 is 2.13 bits per heavy atom. The van der Waals surface area contributed by atoms with Crippen LogP contribution in [0.15, 0.2) is 41.4 Å². The number of para-hydroxylation sites is 1. The van der Waals surface area contributed by atoms with Crippen molar-refractivity contribution < 1.29 is 9.53 Å². The summed E-state index contributed by atoms with van der Waals surface area (Å²) in [6, 6.07) is 7.78. The number of benzene rings is 1. The van der Waals surface area contributed by atoms with Gasteiger partial charge < -0.3 is 9.64 Å². The van der Waals surface area contributed by atoms with Crippen molar-refractivity contribution in [1.82, 2.24) is 9.97 Å². The normalized spacial score (nSPS) is 10.7. The SMILES string of the molecule is CCOC(=O)c1cnc2ccccc2c1N(C)Cc1cscn1. The number of esters is 1. The molecule has 0 aliphatic carbocycles. The Morgan fingerprint density at radius 3 is 2.87 bits per heavy atom. The Hall–Kier alpha value is -2.47. The summed E-state index contributed by atoms with van der Waals surface area (Å²) in [5, 5.41) is 2.93. The van der Waals surface area contributed by atoms with E-state index in [-0.39, 0.29) is 5.97 Å². The highest BCUT2D eigenvalue weighted by atomic mass is 32.1. The van der Waals surface area contributed by atoms with E-state index >= 15 is 0 Å². The van der Waals surface area contributed by atoms with Gasteiger partial charge in [0.15, 0.2) is 0 Å². The lowest BCUT2D eigenvalue weighted by atomic mass is 10.1. The number of nitrogens with zero attached hydrogens (tertiary/aromatic N) is 3. The first-order valence-corrected chi connectivity index (χ1v) is 8.28. The van der Waals surface area contributed by atoms with E-state index in [9.17, 15) is 4.79 Å². The molecule has 0 saturated heterocycles. The third-order valence-corrected chi connectivity index (χ3v) is 4.14. The first-order chi connectivity index (χ1) is 11.2. The molecule has 0 N–H and O–H groups in total. The molecule has 3 rings (SSSR count). The van der Waals surface area contributed by atoms with Gasteiger partial charge >= 0.3 is 5.97 Å². The number of hydrogen-bond acceptors (Lipinski definition) is 6. The van der Waals surface area contributed by atoms with Crippen LogP contribution in [0.5, 0.6) is 0 Å². The summed E-state index contributed by atoms with van der Waals surface area (Å²) in [5.41, 5.74) is 4.92. The lowest BCUT2D eigenvalue weighted by molar-refractivity contribution is 0.0527. The first kappa shape index (κ1) is 15.4. The number of carbonyl (C=O) groups is 1. The monoisotopic (exact) mass is 327 g/mol. The van der Waals surface area contributed by atoms with Crippen molar-refractivity contribution in [2.75, 3.05) is 18.6 Å². The average Bonchev–Trinajstić information content (AvgIpc) is 3.06. The maximum atomic E-state index is 12.3. The minimum absolute atomic E-state index is 0.334. The van der Waals surface area contributed by atoms with Crippen LogP contribution in [-0.4, -0.2) is 29.6 Å². The standard InChI is InChI=1S/C17H17N3O2S/c1-3-22-17(21)14-8-18-15-7-5-4-6-13(15)16(14)20(2)9-12-10-23-11-19-12/h4-8,10-11H,3,9H2,1-2H3. The molecule has 0 fully saturated rings. The van der Waals surface area contributed by atoms with Gasteiger partial charge in [-0.1, -0.05) is 18.2 Å². The zero-order valence-electron chi connectivity index (χ0n) is 13.0. The summed E-state index contributed by atoms with van der Waals surface area (Å²) in [6.07, 6.45) is 1.59. The molecule has 5 nitrogen and oxygen atoms in total. The predicted molar refractivity (Wildman–Crippen MR) is 91.9 cm³/mol. The van der Waals surface area contributed by atoms with Crippen molar-refractivity contribution in [3.63, 3.8) is 0 Å². The van der Waals surface area contributed by atoms with Gasteiger partial charge in [-0.15, -0.1) is 11.3 Å². The van der Waals surface area contributed by atoms with E-state index in [1.54, 1.807) is 30.0 Å². The van der Waals surface area contributed by atoms with Gasteiger partial charge in [-0.3, -0.25) is 4.98 Å². The van der Waals surface area contributed by atoms with Crippen LogP contribution in [0, 0.1) is 0 Å². The second-order valence-corrected chi connectivity index (χ2v) is 5.81. The molecule has 6 heteroatoms. The summed E-state index contributed by atoms with van der Waals surface area (Å²) in [5.74, 6) is -0.356. The van der Waals surface area contributed by atoms with Crippen molar-refractivity contribution >= 4 is 33.9 Å². The summed E-state index contributed by atoms with van der Waals surface area (Å²) >= 11 is 1.56. The van der Waals surface area contributed by atoms with Crippen LogP contribution in [-0.2, 0) is 11.3 Å². The largest absolute Gasteiger partial charge is 0.462 e. The molecular formula is C17H17N3O2S. The summed E-state index contributed by atoms with van der Waals surface area (Å²) in [6.45, 7) is 2.75. The van der Waals surface area contributed by atoms with Crippen molar-refractivity contribution in [2.45, 2.75) is 13.5 Å². The molecule has 0 aliphatic rings. The second-order valence-electron chi connectivity index (χ2n) is 5.09.